The van der Waals surface area contributed by atoms with Crippen molar-refractivity contribution in [3.63, 3.8) is 0 Å². The molecule has 0 fully saturated rings. The summed E-state index contributed by atoms with van der Waals surface area (Å²) < 4.78 is 37.5. The molecule has 2 rings (SSSR count). The maximum atomic E-state index is 12.5. The molecule has 2 aromatic rings. The Balaban J connectivity index is 2.53. The molecule has 0 radical (unpaired) electrons. The van der Waals surface area contributed by atoms with Crippen molar-refractivity contribution in [1.29, 1.82) is 0 Å². The van der Waals surface area contributed by atoms with Crippen molar-refractivity contribution in [3.05, 3.63) is 41.2 Å². The van der Waals surface area contributed by atoms with E-state index in [0.29, 0.717) is 5.69 Å². The molecule has 6 heteroatoms. The van der Waals surface area contributed by atoms with Gasteiger partial charge in [0.1, 0.15) is 5.15 Å². The normalized spacial score (nSPS) is 11.8. The van der Waals surface area contributed by atoms with Crippen LogP contribution < -0.4 is 0 Å². The Morgan fingerprint density at radius 3 is 2.56 bits per heavy atom. The second-order valence-electron chi connectivity index (χ2n) is 3.15. The summed E-state index contributed by atoms with van der Waals surface area (Å²) >= 11 is 5.55. The average molecular weight is 247 g/mol. The van der Waals surface area contributed by atoms with Gasteiger partial charge in [-0.3, -0.25) is 0 Å². The summed E-state index contributed by atoms with van der Waals surface area (Å²) in [6.45, 7) is 0. The second-order valence-corrected chi connectivity index (χ2v) is 3.53. The van der Waals surface area contributed by atoms with Gasteiger partial charge in [-0.2, -0.15) is 13.2 Å². The molecular weight excluding hydrogens is 241 g/mol. The van der Waals surface area contributed by atoms with Crippen molar-refractivity contribution < 1.29 is 13.2 Å². The Morgan fingerprint density at radius 2 is 2.00 bits per heavy atom. The number of aromatic nitrogens is 2. The number of halogens is 4. The fraction of sp³-hybridized carbons (Fsp3) is 0.100. The zero-order valence-corrected chi connectivity index (χ0v) is 8.60. The fourth-order valence-corrected chi connectivity index (χ4v) is 1.50. The van der Waals surface area contributed by atoms with Crippen molar-refractivity contribution in [2.24, 2.45) is 0 Å². The zero-order valence-electron chi connectivity index (χ0n) is 7.85. The van der Waals surface area contributed by atoms with E-state index in [-0.39, 0.29) is 10.8 Å². The van der Waals surface area contributed by atoms with E-state index in [4.69, 9.17) is 11.6 Å². The van der Waals surface area contributed by atoms with Crippen molar-refractivity contribution in [3.8, 4) is 11.4 Å². The lowest BCUT2D eigenvalue weighted by atomic mass is 10.2. The van der Waals surface area contributed by atoms with E-state index in [1.165, 1.54) is 0 Å². The molecular formula is C10H6ClF3N2. The number of hydrogen-bond acceptors (Lipinski definition) is 1. The van der Waals surface area contributed by atoms with Gasteiger partial charge in [-0.25, -0.2) is 4.98 Å². The molecule has 1 N–H and O–H groups in total. The van der Waals surface area contributed by atoms with Gasteiger partial charge in [0.15, 0.2) is 0 Å². The van der Waals surface area contributed by atoms with Gasteiger partial charge in [0.25, 0.3) is 0 Å². The highest BCUT2D eigenvalue weighted by molar-refractivity contribution is 6.29. The second kappa shape index (κ2) is 3.83. The number of nitrogens with zero attached hydrogens (tertiary/aromatic N) is 1. The van der Waals surface area contributed by atoms with Crippen LogP contribution in [0.1, 0.15) is 5.56 Å². The van der Waals surface area contributed by atoms with Crippen LogP contribution in [0.3, 0.4) is 0 Å². The lowest BCUT2D eigenvalue weighted by molar-refractivity contribution is -0.137. The molecule has 0 spiro atoms. The number of aromatic amines is 1. The van der Waals surface area contributed by atoms with Crippen LogP contribution in [-0.2, 0) is 6.18 Å². The number of rotatable bonds is 1. The molecule has 0 saturated carbocycles. The van der Waals surface area contributed by atoms with Crippen LogP contribution in [0.15, 0.2) is 30.5 Å². The Morgan fingerprint density at radius 1 is 1.25 bits per heavy atom. The van der Waals surface area contributed by atoms with Crippen molar-refractivity contribution in [2.75, 3.05) is 0 Å². The lowest BCUT2D eigenvalue weighted by Gasteiger charge is -2.08. The Labute approximate surface area is 94.1 Å². The van der Waals surface area contributed by atoms with Gasteiger partial charge in [0.05, 0.1) is 17.0 Å². The summed E-state index contributed by atoms with van der Waals surface area (Å²) in [5.41, 5.74) is -0.144. The minimum absolute atomic E-state index is 0.171. The summed E-state index contributed by atoms with van der Waals surface area (Å²) in [5, 5.41) is -0.181. The van der Waals surface area contributed by atoms with Crippen LogP contribution in [0.5, 0.6) is 0 Å². The number of alkyl halides is 3. The lowest BCUT2D eigenvalue weighted by Crippen LogP contribution is -2.05. The fourth-order valence-electron chi connectivity index (χ4n) is 1.29. The zero-order chi connectivity index (χ0) is 11.8. The predicted octanol–water partition coefficient (Wildman–Crippen LogP) is 3.75. The largest absolute Gasteiger partial charge is 0.416 e. The topological polar surface area (TPSA) is 28.7 Å². The van der Waals surface area contributed by atoms with E-state index in [1.807, 2.05) is 0 Å². The molecule has 0 unspecified atom stereocenters. The van der Waals surface area contributed by atoms with Gasteiger partial charge in [0, 0.05) is 6.20 Å². The van der Waals surface area contributed by atoms with Crippen molar-refractivity contribution in [1.82, 2.24) is 9.97 Å². The van der Waals surface area contributed by atoms with Crippen LogP contribution in [0.2, 0.25) is 5.15 Å². The highest BCUT2D eigenvalue weighted by Crippen LogP contribution is 2.32. The Bertz CT molecular complexity index is 491. The summed E-state index contributed by atoms with van der Waals surface area (Å²) in [7, 11) is 0. The number of H-pyrrole nitrogens is 1. The first kappa shape index (κ1) is 11.0. The summed E-state index contributed by atoms with van der Waals surface area (Å²) in [4.78, 5) is 6.59. The predicted molar refractivity (Wildman–Crippen MR) is 54.0 cm³/mol. The smallest absolute Gasteiger partial charge is 0.360 e. The first-order valence-corrected chi connectivity index (χ1v) is 4.73. The monoisotopic (exact) mass is 246 g/mol. The van der Waals surface area contributed by atoms with Crippen LogP contribution >= 0.6 is 11.6 Å². The molecule has 0 amide bonds. The molecule has 84 valence electrons. The van der Waals surface area contributed by atoms with E-state index in [1.54, 1.807) is 18.3 Å². The molecule has 0 aliphatic carbocycles. The standard InChI is InChI=1S/C10H6ClF3N2/c11-9-5-6(10(12,13)14)4-8(16-9)7-2-1-3-15-7/h1-5,15H. The van der Waals surface area contributed by atoms with Gasteiger partial charge in [-0.05, 0) is 24.3 Å². The summed E-state index contributed by atoms with van der Waals surface area (Å²) in [6, 6.07) is 5.05. The molecule has 2 nitrogen and oxygen atoms in total. The maximum absolute atomic E-state index is 12.5. The minimum atomic E-state index is -4.42. The Hall–Kier alpha value is -1.49. The third kappa shape index (κ3) is 2.19. The SMILES string of the molecule is FC(F)(F)c1cc(Cl)nc(-c2ccc[nH]2)c1. The number of hydrogen-bond donors (Lipinski definition) is 1. The first-order valence-electron chi connectivity index (χ1n) is 4.35. The van der Waals surface area contributed by atoms with E-state index < -0.39 is 11.7 Å². The molecule has 16 heavy (non-hydrogen) atoms. The van der Waals surface area contributed by atoms with E-state index >= 15 is 0 Å². The first-order chi connectivity index (χ1) is 7.47. The molecule has 0 aliphatic heterocycles. The Kier molecular flexibility index (Phi) is 2.63. The van der Waals surface area contributed by atoms with Crippen LogP contribution in [0.25, 0.3) is 11.4 Å². The van der Waals surface area contributed by atoms with Crippen LogP contribution in [-0.4, -0.2) is 9.97 Å². The third-order valence-electron chi connectivity index (χ3n) is 2.00. The van der Waals surface area contributed by atoms with Crippen molar-refractivity contribution in [2.45, 2.75) is 6.18 Å². The summed E-state index contributed by atoms with van der Waals surface area (Å²) in [6.07, 6.45) is -2.82. The van der Waals surface area contributed by atoms with Crippen molar-refractivity contribution >= 4 is 11.6 Å². The molecule has 2 aromatic heterocycles. The summed E-state index contributed by atoms with van der Waals surface area (Å²) in [5.74, 6) is 0. The third-order valence-corrected chi connectivity index (χ3v) is 2.19. The average Bonchev–Trinajstić information content (AvgIpc) is 2.68. The number of nitrogens with one attached hydrogen (secondary N) is 1. The van der Waals surface area contributed by atoms with Crippen LogP contribution in [0, 0.1) is 0 Å². The van der Waals surface area contributed by atoms with Gasteiger partial charge in [-0.1, -0.05) is 11.6 Å². The number of pyridine rings is 1. The maximum Gasteiger partial charge on any atom is 0.416 e. The highest BCUT2D eigenvalue weighted by atomic mass is 35.5. The molecule has 2 heterocycles. The van der Waals surface area contributed by atoms with Gasteiger partial charge in [-0.15, -0.1) is 0 Å². The van der Waals surface area contributed by atoms with E-state index in [9.17, 15) is 13.2 Å². The molecule has 0 bridgehead atoms. The van der Waals surface area contributed by atoms with Crippen LogP contribution in [0.4, 0.5) is 13.2 Å². The van der Waals surface area contributed by atoms with Gasteiger partial charge < -0.3 is 4.98 Å². The van der Waals surface area contributed by atoms with Gasteiger partial charge >= 0.3 is 6.18 Å². The minimum Gasteiger partial charge on any atom is -0.360 e. The molecule has 0 saturated heterocycles. The van der Waals surface area contributed by atoms with E-state index in [0.717, 1.165) is 12.1 Å². The highest BCUT2D eigenvalue weighted by Gasteiger charge is 2.31. The molecule has 0 aromatic carbocycles. The van der Waals surface area contributed by atoms with E-state index in [2.05, 4.69) is 9.97 Å². The quantitative estimate of drug-likeness (QED) is 0.763. The van der Waals surface area contributed by atoms with Gasteiger partial charge in [0.2, 0.25) is 0 Å². The molecule has 0 atom stereocenters. The molecule has 0 aliphatic rings.